The molecule has 1 aromatic carbocycles. The van der Waals surface area contributed by atoms with E-state index in [9.17, 15) is 4.79 Å². The average molecular weight is 308 g/mol. The van der Waals surface area contributed by atoms with Crippen molar-refractivity contribution in [2.75, 3.05) is 0 Å². The van der Waals surface area contributed by atoms with Crippen LogP contribution in [0.3, 0.4) is 0 Å². The van der Waals surface area contributed by atoms with Crippen molar-refractivity contribution >= 4 is 5.91 Å². The fraction of sp³-hybridized carbons (Fsp3) is 0.650. The zero-order valence-corrected chi connectivity index (χ0v) is 15.8. The molecular weight excluding hydrogens is 270 g/mol. The Morgan fingerprint density at radius 3 is 2.05 bits per heavy atom. The summed E-state index contributed by atoms with van der Waals surface area (Å²) in [6, 6.07) is 6.61. The van der Waals surface area contributed by atoms with Gasteiger partial charge in [0.05, 0.1) is 0 Å². The fourth-order valence-corrected chi connectivity index (χ4v) is 1.98. The van der Waals surface area contributed by atoms with Crippen LogP contribution in [-0.4, -0.2) is 5.91 Å². The SMILES string of the molecule is CC(N)=O.CCCCCC(C)C.CCc1cc(C)ccc1C. The average Bonchev–Trinajstić information content (AvgIpc) is 2.41. The second kappa shape index (κ2) is 14.6. The number of hydrogen-bond donors (Lipinski definition) is 1. The molecule has 2 N–H and O–H groups in total. The van der Waals surface area contributed by atoms with Gasteiger partial charge in [-0.15, -0.1) is 0 Å². The van der Waals surface area contributed by atoms with Gasteiger partial charge in [-0.1, -0.05) is 77.1 Å². The quantitative estimate of drug-likeness (QED) is 0.709. The van der Waals surface area contributed by atoms with Crippen LogP contribution in [0.25, 0.3) is 0 Å². The smallest absolute Gasteiger partial charge is 0.214 e. The summed E-state index contributed by atoms with van der Waals surface area (Å²) in [5.41, 5.74) is 8.72. The summed E-state index contributed by atoms with van der Waals surface area (Å²) in [5.74, 6) is 0.571. The van der Waals surface area contributed by atoms with Crippen LogP contribution < -0.4 is 5.73 Å². The number of carbonyl (C=O) groups is 1. The molecule has 2 heteroatoms. The van der Waals surface area contributed by atoms with Crippen LogP contribution in [0.1, 0.15) is 77.0 Å². The van der Waals surface area contributed by atoms with E-state index in [-0.39, 0.29) is 5.91 Å². The lowest BCUT2D eigenvalue weighted by Crippen LogP contribution is -2.01. The third-order valence-electron chi connectivity index (χ3n) is 3.27. The molecule has 0 fully saturated rings. The Morgan fingerprint density at radius 1 is 1.14 bits per heavy atom. The van der Waals surface area contributed by atoms with Crippen molar-refractivity contribution < 1.29 is 4.79 Å². The van der Waals surface area contributed by atoms with E-state index in [0.717, 1.165) is 12.3 Å². The molecule has 1 rings (SSSR count). The number of aryl methyl sites for hydroxylation is 3. The van der Waals surface area contributed by atoms with Crippen molar-refractivity contribution in [1.82, 2.24) is 0 Å². The highest BCUT2D eigenvalue weighted by Gasteiger charge is 1.93. The van der Waals surface area contributed by atoms with Crippen LogP contribution in [0.2, 0.25) is 0 Å². The van der Waals surface area contributed by atoms with Gasteiger partial charge in [-0.25, -0.2) is 0 Å². The molecule has 22 heavy (non-hydrogen) atoms. The van der Waals surface area contributed by atoms with Gasteiger partial charge in [-0.3, -0.25) is 4.79 Å². The van der Waals surface area contributed by atoms with Gasteiger partial charge in [0.15, 0.2) is 0 Å². The minimum Gasteiger partial charge on any atom is -0.370 e. The maximum atomic E-state index is 9.22. The van der Waals surface area contributed by atoms with E-state index in [1.807, 2.05) is 0 Å². The normalized spacial score (nSPS) is 9.45. The molecule has 0 bridgehead atoms. The first kappa shape index (κ1) is 23.0. The minimum atomic E-state index is -0.333. The first-order chi connectivity index (χ1) is 10.2. The summed E-state index contributed by atoms with van der Waals surface area (Å²) in [6.07, 6.45) is 6.75. The van der Waals surface area contributed by atoms with E-state index in [2.05, 4.69) is 65.5 Å². The number of primary amides is 1. The van der Waals surface area contributed by atoms with Crippen molar-refractivity contribution in [2.45, 2.75) is 80.6 Å². The summed E-state index contributed by atoms with van der Waals surface area (Å²) in [6.45, 7) is 14.6. The first-order valence-corrected chi connectivity index (χ1v) is 8.56. The zero-order valence-electron chi connectivity index (χ0n) is 15.8. The summed E-state index contributed by atoms with van der Waals surface area (Å²) in [7, 11) is 0. The lowest BCUT2D eigenvalue weighted by Gasteiger charge is -2.02. The molecule has 0 saturated heterocycles. The van der Waals surface area contributed by atoms with Crippen LogP contribution in [0.15, 0.2) is 18.2 Å². The predicted octanol–water partition coefficient (Wildman–Crippen LogP) is 5.58. The molecule has 0 radical (unpaired) electrons. The third-order valence-corrected chi connectivity index (χ3v) is 3.27. The standard InChI is InChI=1S/C10H14.C8H18.C2H5NO/c1-4-10-7-8(2)5-6-9(10)3;1-4-5-6-7-8(2)3;1-2(3)4/h5-7H,4H2,1-3H3;8H,4-7H2,1-3H3;1H3,(H2,3,4). The van der Waals surface area contributed by atoms with Crippen molar-refractivity contribution in [2.24, 2.45) is 11.7 Å². The molecule has 0 aliphatic heterocycles. The lowest BCUT2D eigenvalue weighted by molar-refractivity contribution is -0.115. The maximum absolute atomic E-state index is 9.22. The van der Waals surface area contributed by atoms with Crippen LogP contribution in [-0.2, 0) is 11.2 Å². The van der Waals surface area contributed by atoms with Crippen molar-refractivity contribution in [1.29, 1.82) is 0 Å². The predicted molar refractivity (Wildman–Crippen MR) is 99.1 cm³/mol. The van der Waals surface area contributed by atoms with Gasteiger partial charge in [0, 0.05) is 6.92 Å². The van der Waals surface area contributed by atoms with Gasteiger partial charge >= 0.3 is 0 Å². The van der Waals surface area contributed by atoms with Crippen LogP contribution in [0.4, 0.5) is 0 Å². The topological polar surface area (TPSA) is 43.1 Å². The highest BCUT2D eigenvalue weighted by atomic mass is 16.1. The Morgan fingerprint density at radius 2 is 1.68 bits per heavy atom. The van der Waals surface area contributed by atoms with Crippen LogP contribution in [0, 0.1) is 19.8 Å². The van der Waals surface area contributed by atoms with Crippen molar-refractivity contribution in [3.8, 4) is 0 Å². The van der Waals surface area contributed by atoms with Gasteiger partial charge in [-0.05, 0) is 37.3 Å². The van der Waals surface area contributed by atoms with Gasteiger partial charge in [0.25, 0.3) is 0 Å². The largest absolute Gasteiger partial charge is 0.370 e. The summed E-state index contributed by atoms with van der Waals surface area (Å²) in [4.78, 5) is 9.22. The minimum absolute atomic E-state index is 0.333. The number of amides is 1. The molecule has 2 nitrogen and oxygen atoms in total. The Kier molecular flexibility index (Phi) is 15.3. The second-order valence-electron chi connectivity index (χ2n) is 6.28. The highest BCUT2D eigenvalue weighted by molar-refractivity contribution is 5.70. The van der Waals surface area contributed by atoms with E-state index < -0.39 is 0 Å². The van der Waals surface area contributed by atoms with Gasteiger partial charge < -0.3 is 5.73 Å². The van der Waals surface area contributed by atoms with E-state index in [1.54, 1.807) is 0 Å². The van der Waals surface area contributed by atoms with E-state index >= 15 is 0 Å². The lowest BCUT2D eigenvalue weighted by atomic mass is 10.0. The second-order valence-corrected chi connectivity index (χ2v) is 6.28. The summed E-state index contributed by atoms with van der Waals surface area (Å²) in [5, 5.41) is 0. The zero-order chi connectivity index (χ0) is 17.5. The number of nitrogens with two attached hydrogens (primary N) is 1. The van der Waals surface area contributed by atoms with Gasteiger partial charge in [-0.2, -0.15) is 0 Å². The van der Waals surface area contributed by atoms with Crippen molar-refractivity contribution in [3.63, 3.8) is 0 Å². The Labute approximate surface area is 138 Å². The molecule has 0 aromatic heterocycles. The first-order valence-electron chi connectivity index (χ1n) is 8.56. The number of benzene rings is 1. The van der Waals surface area contributed by atoms with Gasteiger partial charge in [0.2, 0.25) is 5.91 Å². The Balaban J connectivity index is 0. The van der Waals surface area contributed by atoms with Crippen LogP contribution in [0.5, 0.6) is 0 Å². The molecule has 128 valence electrons. The molecule has 0 spiro atoms. The van der Waals surface area contributed by atoms with Crippen LogP contribution >= 0.6 is 0 Å². The number of hydrogen-bond acceptors (Lipinski definition) is 1. The Hall–Kier alpha value is -1.31. The highest BCUT2D eigenvalue weighted by Crippen LogP contribution is 2.10. The monoisotopic (exact) mass is 307 g/mol. The van der Waals surface area contributed by atoms with Crippen molar-refractivity contribution in [3.05, 3.63) is 34.9 Å². The Bertz CT molecular complexity index is 393. The maximum Gasteiger partial charge on any atom is 0.214 e. The number of rotatable bonds is 5. The molecule has 0 heterocycles. The summed E-state index contributed by atoms with van der Waals surface area (Å²) < 4.78 is 0. The molecule has 0 saturated carbocycles. The third kappa shape index (κ3) is 16.7. The summed E-state index contributed by atoms with van der Waals surface area (Å²) >= 11 is 0. The number of carbonyl (C=O) groups excluding carboxylic acids is 1. The molecule has 0 aliphatic carbocycles. The van der Waals surface area contributed by atoms with Gasteiger partial charge in [0.1, 0.15) is 0 Å². The molecule has 1 amide bonds. The molecule has 0 atom stereocenters. The van der Waals surface area contributed by atoms with E-state index in [4.69, 9.17) is 0 Å². The van der Waals surface area contributed by atoms with E-state index in [0.29, 0.717) is 0 Å². The molecule has 0 aliphatic rings. The molecule has 0 unspecified atom stereocenters. The van der Waals surface area contributed by atoms with E-state index in [1.165, 1.54) is 49.3 Å². The fourth-order valence-electron chi connectivity index (χ4n) is 1.98. The molecular formula is C20H37NO. The molecule has 1 aromatic rings. The number of unbranched alkanes of at least 4 members (excludes halogenated alkanes) is 2.